The topological polar surface area (TPSA) is 105 Å². The molecule has 1 saturated heterocycles. The minimum atomic E-state index is -1.19. The van der Waals surface area contributed by atoms with Gasteiger partial charge in [0.1, 0.15) is 5.54 Å². The second-order valence-corrected chi connectivity index (χ2v) is 10.7. The number of benzene rings is 1. The number of carbonyl (C=O) groups is 4. The third-order valence-electron chi connectivity index (χ3n) is 5.83. The lowest BCUT2D eigenvalue weighted by Gasteiger charge is -2.32. The van der Waals surface area contributed by atoms with Crippen molar-refractivity contribution >= 4 is 52.3 Å². The molecule has 1 aromatic heterocycles. The van der Waals surface area contributed by atoms with Gasteiger partial charge in [0.05, 0.1) is 21.7 Å². The van der Waals surface area contributed by atoms with E-state index in [2.05, 4.69) is 10.6 Å². The average molecular weight is 520 g/mol. The number of rotatable bonds is 7. The van der Waals surface area contributed by atoms with Crippen LogP contribution >= 0.6 is 22.9 Å². The van der Waals surface area contributed by atoms with Gasteiger partial charge in [-0.25, -0.2) is 0 Å². The number of nitrogens with zero attached hydrogens (tertiary/aromatic N) is 1. The van der Waals surface area contributed by atoms with E-state index in [1.807, 2.05) is 0 Å². The summed E-state index contributed by atoms with van der Waals surface area (Å²) in [5.74, 6) is -1.52. The number of likely N-dealkylation sites (tertiary alicyclic amines) is 1. The summed E-state index contributed by atoms with van der Waals surface area (Å²) < 4.78 is 5.61. The summed E-state index contributed by atoms with van der Waals surface area (Å²) >= 11 is 7.02. The van der Waals surface area contributed by atoms with Crippen molar-refractivity contribution in [3.05, 3.63) is 50.7 Å². The number of piperidine rings is 1. The SMILES string of the molecule is CCOC(=O)C1CCCN(C(=O)c2ccc(NC(=O)C(C)(C)NC(=O)c3ccc(Cl)s3)cc2C)C1. The number of anilines is 1. The second kappa shape index (κ2) is 11.2. The van der Waals surface area contributed by atoms with Gasteiger partial charge in [0.15, 0.2) is 0 Å². The molecule has 0 radical (unpaired) electrons. The summed E-state index contributed by atoms with van der Waals surface area (Å²) in [6.45, 7) is 8.01. The van der Waals surface area contributed by atoms with Crippen LogP contribution in [0.15, 0.2) is 30.3 Å². The minimum Gasteiger partial charge on any atom is -0.466 e. The Morgan fingerprint density at radius 3 is 2.57 bits per heavy atom. The van der Waals surface area contributed by atoms with Crippen LogP contribution in [0.25, 0.3) is 0 Å². The summed E-state index contributed by atoms with van der Waals surface area (Å²) in [5.41, 5.74) is 0.524. The predicted molar refractivity (Wildman–Crippen MR) is 136 cm³/mol. The maximum absolute atomic E-state index is 13.1. The highest BCUT2D eigenvalue weighted by atomic mass is 35.5. The number of nitrogens with one attached hydrogen (secondary N) is 2. The summed E-state index contributed by atoms with van der Waals surface area (Å²) in [6.07, 6.45) is 1.44. The lowest BCUT2D eigenvalue weighted by Crippen LogP contribution is -2.52. The van der Waals surface area contributed by atoms with Crippen molar-refractivity contribution < 1.29 is 23.9 Å². The monoisotopic (exact) mass is 519 g/mol. The van der Waals surface area contributed by atoms with E-state index in [0.717, 1.165) is 17.8 Å². The number of amides is 3. The van der Waals surface area contributed by atoms with Crippen LogP contribution in [0.5, 0.6) is 0 Å². The molecule has 0 aliphatic carbocycles. The van der Waals surface area contributed by atoms with E-state index < -0.39 is 11.4 Å². The van der Waals surface area contributed by atoms with Crippen LogP contribution in [0.1, 0.15) is 59.2 Å². The summed E-state index contributed by atoms with van der Waals surface area (Å²) in [4.78, 5) is 52.7. The molecule has 1 aromatic carbocycles. The van der Waals surface area contributed by atoms with Crippen molar-refractivity contribution in [2.45, 2.75) is 46.1 Å². The zero-order valence-electron chi connectivity index (χ0n) is 20.3. The Morgan fingerprint density at radius 1 is 1.20 bits per heavy atom. The highest BCUT2D eigenvalue weighted by Gasteiger charge is 2.32. The molecule has 1 aliphatic heterocycles. The molecule has 2 N–H and O–H groups in total. The molecule has 0 spiro atoms. The third-order valence-corrected chi connectivity index (χ3v) is 7.06. The van der Waals surface area contributed by atoms with Crippen LogP contribution in [-0.4, -0.2) is 53.8 Å². The molecular weight excluding hydrogens is 490 g/mol. The predicted octanol–water partition coefficient (Wildman–Crippen LogP) is 4.27. The van der Waals surface area contributed by atoms with Gasteiger partial charge < -0.3 is 20.3 Å². The molecule has 0 bridgehead atoms. The Labute approximate surface area is 214 Å². The number of hydrogen-bond acceptors (Lipinski definition) is 6. The van der Waals surface area contributed by atoms with Crippen LogP contribution in [0.2, 0.25) is 4.34 Å². The molecule has 2 aromatic rings. The molecule has 1 unspecified atom stereocenters. The number of esters is 1. The Balaban J connectivity index is 1.65. The van der Waals surface area contributed by atoms with Gasteiger partial charge in [-0.3, -0.25) is 19.2 Å². The molecule has 1 atom stereocenters. The summed E-state index contributed by atoms with van der Waals surface area (Å²) in [5, 5.41) is 5.52. The van der Waals surface area contributed by atoms with E-state index in [1.165, 1.54) is 0 Å². The minimum absolute atomic E-state index is 0.156. The third kappa shape index (κ3) is 6.61. The van der Waals surface area contributed by atoms with E-state index >= 15 is 0 Å². The smallest absolute Gasteiger partial charge is 0.310 e. The van der Waals surface area contributed by atoms with Crippen LogP contribution in [0.4, 0.5) is 5.69 Å². The maximum atomic E-state index is 13.1. The first kappa shape index (κ1) is 26.7. The fraction of sp³-hybridized carbons (Fsp3) is 0.440. The summed E-state index contributed by atoms with van der Waals surface area (Å²) in [7, 11) is 0. The van der Waals surface area contributed by atoms with Gasteiger partial charge >= 0.3 is 5.97 Å². The molecule has 3 rings (SSSR count). The molecule has 1 aliphatic rings. The molecule has 8 nitrogen and oxygen atoms in total. The Hall–Kier alpha value is -2.91. The van der Waals surface area contributed by atoms with Crippen molar-refractivity contribution in [2.24, 2.45) is 5.92 Å². The molecule has 3 amide bonds. The van der Waals surface area contributed by atoms with Gasteiger partial charge in [-0.2, -0.15) is 0 Å². The van der Waals surface area contributed by atoms with E-state index in [4.69, 9.17) is 16.3 Å². The first-order valence-electron chi connectivity index (χ1n) is 11.5. The number of hydrogen-bond donors (Lipinski definition) is 2. The molecule has 188 valence electrons. The van der Waals surface area contributed by atoms with Crippen LogP contribution < -0.4 is 10.6 Å². The molecule has 0 saturated carbocycles. The largest absolute Gasteiger partial charge is 0.466 e. The Morgan fingerprint density at radius 2 is 1.94 bits per heavy atom. The fourth-order valence-corrected chi connectivity index (χ4v) is 4.83. The number of ether oxygens (including phenoxy) is 1. The highest BCUT2D eigenvalue weighted by molar-refractivity contribution is 7.18. The standard InChI is InChI=1S/C25H30ClN3O5S/c1-5-34-23(32)16-7-6-12-29(14-16)22(31)18-9-8-17(13-15(18)2)27-24(33)25(3,4)28-21(30)19-10-11-20(26)35-19/h8-11,13,16H,5-7,12,14H2,1-4H3,(H,27,33)(H,28,30). The van der Waals surface area contributed by atoms with E-state index in [1.54, 1.807) is 62.9 Å². The zero-order valence-corrected chi connectivity index (χ0v) is 21.8. The molecule has 2 heterocycles. The first-order valence-corrected chi connectivity index (χ1v) is 12.7. The highest BCUT2D eigenvalue weighted by Crippen LogP contribution is 2.24. The van der Waals surface area contributed by atoms with Gasteiger partial charge in [0.25, 0.3) is 11.8 Å². The number of thiophene rings is 1. The second-order valence-electron chi connectivity index (χ2n) is 9.01. The Kier molecular flexibility index (Phi) is 8.56. The normalized spacial score (nSPS) is 15.9. The van der Waals surface area contributed by atoms with Gasteiger partial charge in [-0.05, 0) is 76.4 Å². The molecule has 35 heavy (non-hydrogen) atoms. The van der Waals surface area contributed by atoms with Crippen LogP contribution in [0, 0.1) is 12.8 Å². The van der Waals surface area contributed by atoms with Crippen molar-refractivity contribution in [1.29, 1.82) is 0 Å². The van der Waals surface area contributed by atoms with Gasteiger partial charge in [0.2, 0.25) is 5.91 Å². The zero-order chi connectivity index (χ0) is 25.8. The van der Waals surface area contributed by atoms with Crippen LogP contribution in [-0.2, 0) is 14.3 Å². The number of carbonyl (C=O) groups excluding carboxylic acids is 4. The molecule has 10 heteroatoms. The molecular formula is C25H30ClN3O5S. The van der Waals surface area contributed by atoms with E-state index in [-0.39, 0.29) is 23.7 Å². The number of halogens is 1. The lowest BCUT2D eigenvalue weighted by atomic mass is 9.96. The van der Waals surface area contributed by atoms with Crippen molar-refractivity contribution in [3.8, 4) is 0 Å². The van der Waals surface area contributed by atoms with E-state index in [0.29, 0.717) is 52.1 Å². The van der Waals surface area contributed by atoms with Crippen molar-refractivity contribution in [2.75, 3.05) is 25.0 Å². The molecule has 1 fully saturated rings. The Bertz CT molecular complexity index is 1130. The number of aryl methyl sites for hydroxylation is 1. The van der Waals surface area contributed by atoms with Crippen molar-refractivity contribution in [1.82, 2.24) is 10.2 Å². The fourth-order valence-electron chi connectivity index (χ4n) is 3.89. The first-order chi connectivity index (χ1) is 16.5. The van der Waals surface area contributed by atoms with Gasteiger partial charge in [-0.15, -0.1) is 11.3 Å². The van der Waals surface area contributed by atoms with Gasteiger partial charge in [-0.1, -0.05) is 11.6 Å². The van der Waals surface area contributed by atoms with Crippen LogP contribution in [0.3, 0.4) is 0 Å². The lowest BCUT2D eigenvalue weighted by molar-refractivity contribution is -0.149. The van der Waals surface area contributed by atoms with Crippen molar-refractivity contribution in [3.63, 3.8) is 0 Å². The average Bonchev–Trinajstić information content (AvgIpc) is 3.25. The van der Waals surface area contributed by atoms with Gasteiger partial charge in [0, 0.05) is 24.3 Å². The quantitative estimate of drug-likeness (QED) is 0.531. The maximum Gasteiger partial charge on any atom is 0.310 e. The summed E-state index contributed by atoms with van der Waals surface area (Å²) in [6, 6.07) is 8.27. The van der Waals surface area contributed by atoms with E-state index in [9.17, 15) is 19.2 Å².